The summed E-state index contributed by atoms with van der Waals surface area (Å²) in [7, 11) is 0. The fourth-order valence-electron chi connectivity index (χ4n) is 3.64. The van der Waals surface area contributed by atoms with Crippen molar-refractivity contribution in [3.8, 4) is 0 Å². The molecule has 5 nitrogen and oxygen atoms in total. The highest BCUT2D eigenvalue weighted by atomic mass is 16.6. The van der Waals surface area contributed by atoms with Gasteiger partial charge in [0, 0.05) is 25.3 Å². The monoisotopic (exact) mass is 317 g/mol. The van der Waals surface area contributed by atoms with E-state index in [0.717, 1.165) is 38.0 Å². The predicted molar refractivity (Wildman–Crippen MR) is 92.8 cm³/mol. The van der Waals surface area contributed by atoms with Gasteiger partial charge in [-0.3, -0.25) is 0 Å². The number of aryl methyl sites for hydroxylation is 1. The number of aliphatic imine (C=N–C) groups is 1. The second kappa shape index (κ2) is 6.89. The highest BCUT2D eigenvalue weighted by molar-refractivity contribution is 5.92. The van der Waals surface area contributed by atoms with E-state index in [4.69, 9.17) is 15.2 Å². The van der Waals surface area contributed by atoms with Crippen molar-refractivity contribution in [2.75, 3.05) is 18.5 Å². The van der Waals surface area contributed by atoms with Crippen LogP contribution in [0.25, 0.3) is 0 Å². The molecule has 1 saturated carbocycles. The fourth-order valence-corrected chi connectivity index (χ4v) is 3.64. The SMILES string of the molecule is CCOC1CC(N=C(N)Nc2cccc(CC)c2)C12CCCO2. The van der Waals surface area contributed by atoms with Crippen molar-refractivity contribution >= 4 is 11.6 Å². The van der Waals surface area contributed by atoms with Crippen LogP contribution in [0.1, 0.15) is 38.7 Å². The van der Waals surface area contributed by atoms with Crippen LogP contribution in [-0.2, 0) is 15.9 Å². The summed E-state index contributed by atoms with van der Waals surface area (Å²) < 4.78 is 11.8. The number of anilines is 1. The van der Waals surface area contributed by atoms with Gasteiger partial charge in [0.25, 0.3) is 0 Å². The molecule has 23 heavy (non-hydrogen) atoms. The van der Waals surface area contributed by atoms with E-state index < -0.39 is 0 Å². The van der Waals surface area contributed by atoms with E-state index >= 15 is 0 Å². The van der Waals surface area contributed by atoms with Crippen molar-refractivity contribution < 1.29 is 9.47 Å². The Bertz CT molecular complexity index is 567. The zero-order valence-corrected chi connectivity index (χ0v) is 14.0. The van der Waals surface area contributed by atoms with Crippen LogP contribution in [0.3, 0.4) is 0 Å². The van der Waals surface area contributed by atoms with Gasteiger partial charge in [-0.15, -0.1) is 0 Å². The minimum absolute atomic E-state index is 0.0865. The Balaban J connectivity index is 1.68. The molecule has 1 heterocycles. The lowest BCUT2D eigenvalue weighted by Crippen LogP contribution is -2.63. The van der Waals surface area contributed by atoms with Crippen LogP contribution in [0.4, 0.5) is 5.69 Å². The Labute approximate surface area is 138 Å². The van der Waals surface area contributed by atoms with Crippen molar-refractivity contribution in [1.29, 1.82) is 0 Å². The molecule has 0 aromatic heterocycles. The van der Waals surface area contributed by atoms with E-state index in [1.165, 1.54) is 5.56 Å². The standard InChI is InChI=1S/C18H27N3O2/c1-3-13-7-5-8-14(11-13)20-17(19)21-15-12-16(22-4-2)18(15)9-6-10-23-18/h5,7-8,11,15-16H,3-4,6,9-10,12H2,1-2H3,(H3,19,20,21). The number of ether oxygens (including phenoxy) is 2. The smallest absolute Gasteiger partial charge is 0.193 e. The van der Waals surface area contributed by atoms with Crippen LogP contribution in [0.5, 0.6) is 0 Å². The normalized spacial score (nSPS) is 30.4. The third-order valence-corrected chi connectivity index (χ3v) is 4.90. The minimum atomic E-state index is -0.256. The van der Waals surface area contributed by atoms with Gasteiger partial charge in [-0.25, -0.2) is 4.99 Å². The number of benzene rings is 1. The molecule has 0 bridgehead atoms. The number of rotatable bonds is 5. The molecule has 3 rings (SSSR count). The summed E-state index contributed by atoms with van der Waals surface area (Å²) in [6.07, 6.45) is 4.11. The molecule has 3 N–H and O–H groups in total. The first kappa shape index (κ1) is 16.3. The number of hydrogen-bond acceptors (Lipinski definition) is 3. The maximum Gasteiger partial charge on any atom is 0.193 e. The van der Waals surface area contributed by atoms with E-state index in [-0.39, 0.29) is 17.7 Å². The van der Waals surface area contributed by atoms with Crippen molar-refractivity contribution in [2.24, 2.45) is 10.7 Å². The third kappa shape index (κ3) is 3.21. The molecule has 1 spiro atoms. The van der Waals surface area contributed by atoms with Gasteiger partial charge in [0.15, 0.2) is 5.96 Å². The molecular formula is C18H27N3O2. The summed E-state index contributed by atoms with van der Waals surface area (Å²) in [5.41, 5.74) is 8.12. The van der Waals surface area contributed by atoms with Gasteiger partial charge in [0.2, 0.25) is 0 Å². The van der Waals surface area contributed by atoms with E-state index in [2.05, 4.69) is 29.4 Å². The van der Waals surface area contributed by atoms with Crippen LogP contribution < -0.4 is 11.1 Å². The second-order valence-corrected chi connectivity index (χ2v) is 6.30. The molecule has 2 fully saturated rings. The van der Waals surface area contributed by atoms with E-state index in [1.807, 2.05) is 19.1 Å². The third-order valence-electron chi connectivity index (χ3n) is 4.90. The summed E-state index contributed by atoms with van der Waals surface area (Å²) in [4.78, 5) is 4.68. The Morgan fingerprint density at radius 2 is 2.35 bits per heavy atom. The van der Waals surface area contributed by atoms with Crippen LogP contribution in [0, 0.1) is 0 Å². The molecule has 1 saturated heterocycles. The summed E-state index contributed by atoms with van der Waals surface area (Å²) >= 11 is 0. The highest BCUT2D eigenvalue weighted by Gasteiger charge is 2.59. The van der Waals surface area contributed by atoms with Gasteiger partial charge in [-0.05, 0) is 43.9 Å². The van der Waals surface area contributed by atoms with Crippen molar-refractivity contribution in [2.45, 2.75) is 57.3 Å². The van der Waals surface area contributed by atoms with E-state index in [0.29, 0.717) is 12.6 Å². The highest BCUT2D eigenvalue weighted by Crippen LogP contribution is 2.47. The molecule has 0 amide bonds. The van der Waals surface area contributed by atoms with Gasteiger partial charge < -0.3 is 20.5 Å². The Hall–Kier alpha value is -1.59. The fraction of sp³-hybridized carbons (Fsp3) is 0.611. The second-order valence-electron chi connectivity index (χ2n) is 6.30. The lowest BCUT2D eigenvalue weighted by molar-refractivity contribution is -0.188. The van der Waals surface area contributed by atoms with Gasteiger partial charge in [-0.2, -0.15) is 0 Å². The summed E-state index contributed by atoms with van der Waals surface area (Å²) in [6, 6.07) is 8.34. The molecule has 126 valence electrons. The van der Waals surface area contributed by atoms with Gasteiger partial charge in [-0.1, -0.05) is 19.1 Å². The summed E-state index contributed by atoms with van der Waals surface area (Å²) in [6.45, 7) is 5.67. The minimum Gasteiger partial charge on any atom is -0.375 e. The quantitative estimate of drug-likeness (QED) is 0.647. The Morgan fingerprint density at radius 1 is 1.48 bits per heavy atom. The predicted octanol–water partition coefficient (Wildman–Crippen LogP) is 2.70. The van der Waals surface area contributed by atoms with E-state index in [9.17, 15) is 0 Å². The summed E-state index contributed by atoms with van der Waals surface area (Å²) in [5.74, 6) is 0.452. The maximum absolute atomic E-state index is 6.12. The van der Waals surface area contributed by atoms with Gasteiger partial charge in [0.05, 0.1) is 12.1 Å². The molecule has 1 aromatic rings. The molecule has 3 unspecified atom stereocenters. The maximum atomic E-state index is 6.12. The topological polar surface area (TPSA) is 68.9 Å². The van der Waals surface area contributed by atoms with Gasteiger partial charge >= 0.3 is 0 Å². The Kier molecular flexibility index (Phi) is 4.87. The first-order chi connectivity index (χ1) is 11.2. The van der Waals surface area contributed by atoms with E-state index in [1.54, 1.807) is 0 Å². The van der Waals surface area contributed by atoms with Crippen LogP contribution in [-0.4, -0.2) is 36.9 Å². The van der Waals surface area contributed by atoms with Crippen molar-refractivity contribution in [1.82, 2.24) is 0 Å². The van der Waals surface area contributed by atoms with Crippen LogP contribution in [0.15, 0.2) is 29.3 Å². The Morgan fingerprint density at radius 3 is 3.04 bits per heavy atom. The molecule has 1 aliphatic heterocycles. The number of nitrogens with one attached hydrogen (secondary N) is 1. The molecule has 0 radical (unpaired) electrons. The van der Waals surface area contributed by atoms with Gasteiger partial charge in [0.1, 0.15) is 5.60 Å². The number of guanidine groups is 1. The molecule has 2 aliphatic rings. The number of nitrogens with zero attached hydrogens (tertiary/aromatic N) is 1. The molecule has 5 heteroatoms. The zero-order chi connectivity index (χ0) is 16.3. The van der Waals surface area contributed by atoms with Crippen molar-refractivity contribution in [3.63, 3.8) is 0 Å². The molecular weight excluding hydrogens is 290 g/mol. The van der Waals surface area contributed by atoms with Crippen LogP contribution >= 0.6 is 0 Å². The average Bonchev–Trinajstić information content (AvgIpc) is 3.07. The largest absolute Gasteiger partial charge is 0.375 e. The average molecular weight is 317 g/mol. The summed E-state index contributed by atoms with van der Waals surface area (Å²) in [5, 5.41) is 3.20. The molecule has 1 aliphatic carbocycles. The number of nitrogens with two attached hydrogens (primary N) is 1. The molecule has 3 atom stereocenters. The zero-order valence-electron chi connectivity index (χ0n) is 14.0. The first-order valence-electron chi connectivity index (χ1n) is 8.62. The number of hydrogen-bond donors (Lipinski definition) is 2. The van der Waals surface area contributed by atoms with Crippen molar-refractivity contribution in [3.05, 3.63) is 29.8 Å². The lowest BCUT2D eigenvalue weighted by Gasteiger charge is -2.50. The molecule has 1 aromatic carbocycles. The lowest BCUT2D eigenvalue weighted by atomic mass is 9.70. The first-order valence-corrected chi connectivity index (χ1v) is 8.62. The van der Waals surface area contributed by atoms with Crippen LogP contribution in [0.2, 0.25) is 0 Å².